The second kappa shape index (κ2) is 5.10. The first-order chi connectivity index (χ1) is 6.66. The Morgan fingerprint density at radius 2 is 2.21 bits per heavy atom. The third kappa shape index (κ3) is 2.54. The Hall–Kier alpha value is -0.900. The van der Waals surface area contributed by atoms with Crippen LogP contribution in [0.25, 0.3) is 0 Å². The predicted octanol–water partition coefficient (Wildman–Crippen LogP) is 3.23. The van der Waals surface area contributed by atoms with Crippen molar-refractivity contribution in [1.29, 1.82) is 0 Å². The molecule has 0 radical (unpaired) electrons. The lowest BCUT2D eigenvalue weighted by atomic mass is 10.0. The van der Waals surface area contributed by atoms with Crippen LogP contribution in [0, 0.1) is 17.0 Å². The van der Waals surface area contributed by atoms with Gasteiger partial charge in [0, 0.05) is 17.0 Å². The van der Waals surface area contributed by atoms with Gasteiger partial charge in [-0.3, -0.25) is 10.1 Å². The van der Waals surface area contributed by atoms with E-state index in [2.05, 4.69) is 15.9 Å². The monoisotopic (exact) mass is 257 g/mol. The Labute approximate surface area is 91.4 Å². The normalized spacial score (nSPS) is 10.1. The molecule has 0 unspecified atom stereocenters. The zero-order valence-corrected chi connectivity index (χ0v) is 9.58. The van der Waals surface area contributed by atoms with E-state index in [1.165, 1.54) is 0 Å². The quantitative estimate of drug-likeness (QED) is 0.472. The molecular weight excluding hydrogens is 246 g/mol. The zero-order chi connectivity index (χ0) is 10.6. The Bertz CT molecular complexity index is 339. The Morgan fingerprint density at radius 1 is 1.50 bits per heavy atom. The van der Waals surface area contributed by atoms with Gasteiger partial charge in [0.25, 0.3) is 5.69 Å². The molecule has 0 fully saturated rings. The molecule has 0 bridgehead atoms. The minimum absolute atomic E-state index is 0.220. The summed E-state index contributed by atoms with van der Waals surface area (Å²) < 4.78 is 0. The Morgan fingerprint density at radius 3 is 2.79 bits per heavy atom. The van der Waals surface area contributed by atoms with Gasteiger partial charge in [-0.15, -0.1) is 0 Å². The lowest BCUT2D eigenvalue weighted by Crippen LogP contribution is -1.96. The molecule has 1 aromatic rings. The van der Waals surface area contributed by atoms with Gasteiger partial charge in [-0.2, -0.15) is 0 Å². The van der Waals surface area contributed by atoms with Crippen LogP contribution in [-0.4, -0.2) is 10.3 Å². The van der Waals surface area contributed by atoms with Crippen molar-refractivity contribution in [2.75, 3.05) is 5.33 Å². The fourth-order valence-electron chi connectivity index (χ4n) is 1.40. The van der Waals surface area contributed by atoms with E-state index in [9.17, 15) is 10.1 Å². The van der Waals surface area contributed by atoms with Crippen LogP contribution in [0.2, 0.25) is 0 Å². The van der Waals surface area contributed by atoms with Crippen LogP contribution in [0.4, 0.5) is 5.69 Å². The molecule has 0 aliphatic carbocycles. The van der Waals surface area contributed by atoms with Gasteiger partial charge < -0.3 is 0 Å². The highest BCUT2D eigenvalue weighted by Crippen LogP contribution is 2.22. The third-order valence-corrected chi connectivity index (χ3v) is 2.75. The summed E-state index contributed by atoms with van der Waals surface area (Å²) in [6, 6.07) is 5.24. The van der Waals surface area contributed by atoms with Crippen molar-refractivity contribution >= 4 is 21.6 Å². The van der Waals surface area contributed by atoms with E-state index in [0.717, 1.165) is 29.3 Å². The smallest absolute Gasteiger partial charge is 0.258 e. The van der Waals surface area contributed by atoms with Crippen LogP contribution in [0.15, 0.2) is 18.2 Å². The highest BCUT2D eigenvalue weighted by molar-refractivity contribution is 9.09. The van der Waals surface area contributed by atoms with Crippen molar-refractivity contribution in [2.24, 2.45) is 0 Å². The molecule has 0 aromatic heterocycles. The molecule has 0 aliphatic rings. The maximum atomic E-state index is 10.6. The van der Waals surface area contributed by atoms with Gasteiger partial charge in [0.05, 0.1) is 4.92 Å². The molecule has 0 N–H and O–H groups in total. The number of alkyl halides is 1. The number of benzene rings is 1. The molecule has 0 saturated heterocycles. The molecule has 0 spiro atoms. The minimum Gasteiger partial charge on any atom is -0.258 e. The molecular formula is C10H12BrNO2. The molecule has 76 valence electrons. The number of hydrogen-bond donors (Lipinski definition) is 0. The summed E-state index contributed by atoms with van der Waals surface area (Å²) in [6.45, 7) is 1.81. The van der Waals surface area contributed by atoms with Gasteiger partial charge in [-0.05, 0) is 25.3 Å². The van der Waals surface area contributed by atoms with Gasteiger partial charge in [-0.1, -0.05) is 28.1 Å². The average molecular weight is 258 g/mol. The molecule has 1 aromatic carbocycles. The highest BCUT2D eigenvalue weighted by atomic mass is 79.9. The Kier molecular flexibility index (Phi) is 4.07. The van der Waals surface area contributed by atoms with Crippen LogP contribution < -0.4 is 0 Å². The summed E-state index contributed by atoms with van der Waals surface area (Å²) in [6.07, 6.45) is 1.89. The second-order valence-electron chi connectivity index (χ2n) is 3.11. The van der Waals surface area contributed by atoms with Crippen molar-refractivity contribution < 1.29 is 4.92 Å². The van der Waals surface area contributed by atoms with Gasteiger partial charge >= 0.3 is 0 Å². The van der Waals surface area contributed by atoms with Crippen LogP contribution >= 0.6 is 15.9 Å². The summed E-state index contributed by atoms with van der Waals surface area (Å²) in [5, 5.41) is 11.6. The lowest BCUT2D eigenvalue weighted by Gasteiger charge is -2.04. The van der Waals surface area contributed by atoms with Crippen LogP contribution in [0.5, 0.6) is 0 Å². The summed E-state index contributed by atoms with van der Waals surface area (Å²) in [5.74, 6) is 0. The minimum atomic E-state index is -0.326. The zero-order valence-electron chi connectivity index (χ0n) is 8.00. The van der Waals surface area contributed by atoms with Crippen molar-refractivity contribution in [2.45, 2.75) is 19.8 Å². The third-order valence-electron chi connectivity index (χ3n) is 2.19. The van der Waals surface area contributed by atoms with Crippen molar-refractivity contribution in [3.05, 3.63) is 39.4 Å². The van der Waals surface area contributed by atoms with Crippen molar-refractivity contribution in [3.8, 4) is 0 Å². The molecule has 4 heteroatoms. The molecule has 0 atom stereocenters. The molecule has 0 aliphatic heterocycles. The number of nitro benzene ring substituents is 1. The first-order valence-corrected chi connectivity index (χ1v) is 5.58. The largest absolute Gasteiger partial charge is 0.272 e. The SMILES string of the molecule is Cc1c(CCCBr)cccc1[N+](=O)[O-]. The molecule has 3 nitrogen and oxygen atoms in total. The number of nitro groups is 1. The van der Waals surface area contributed by atoms with Crippen molar-refractivity contribution in [1.82, 2.24) is 0 Å². The highest BCUT2D eigenvalue weighted by Gasteiger charge is 2.12. The number of aryl methyl sites for hydroxylation is 1. The van der Waals surface area contributed by atoms with E-state index in [1.54, 1.807) is 12.1 Å². The van der Waals surface area contributed by atoms with Gasteiger partial charge in [0.15, 0.2) is 0 Å². The van der Waals surface area contributed by atoms with E-state index >= 15 is 0 Å². The number of rotatable bonds is 4. The number of halogens is 1. The van der Waals surface area contributed by atoms with E-state index in [1.807, 2.05) is 13.0 Å². The Balaban J connectivity index is 2.95. The van der Waals surface area contributed by atoms with Gasteiger partial charge in [-0.25, -0.2) is 0 Å². The topological polar surface area (TPSA) is 43.1 Å². The van der Waals surface area contributed by atoms with E-state index in [4.69, 9.17) is 0 Å². The first kappa shape index (κ1) is 11.2. The van der Waals surface area contributed by atoms with E-state index in [-0.39, 0.29) is 10.6 Å². The fourth-order valence-corrected chi connectivity index (χ4v) is 1.68. The van der Waals surface area contributed by atoms with Crippen LogP contribution in [-0.2, 0) is 6.42 Å². The van der Waals surface area contributed by atoms with Crippen molar-refractivity contribution in [3.63, 3.8) is 0 Å². The molecule has 0 amide bonds. The maximum Gasteiger partial charge on any atom is 0.272 e. The standard InChI is InChI=1S/C10H12BrNO2/c1-8-9(5-3-7-11)4-2-6-10(8)12(13)14/h2,4,6H,3,5,7H2,1H3. The van der Waals surface area contributed by atoms with Gasteiger partial charge in [0.1, 0.15) is 0 Å². The number of nitrogens with zero attached hydrogens (tertiary/aromatic N) is 1. The summed E-state index contributed by atoms with van der Waals surface area (Å²) in [4.78, 5) is 10.3. The maximum absolute atomic E-state index is 10.6. The fraction of sp³-hybridized carbons (Fsp3) is 0.400. The van der Waals surface area contributed by atoms with Gasteiger partial charge in [0.2, 0.25) is 0 Å². The molecule has 14 heavy (non-hydrogen) atoms. The predicted molar refractivity (Wildman–Crippen MR) is 59.9 cm³/mol. The van der Waals surface area contributed by atoms with Crippen LogP contribution in [0.1, 0.15) is 17.5 Å². The molecule has 0 saturated carbocycles. The molecule has 0 heterocycles. The second-order valence-corrected chi connectivity index (χ2v) is 3.90. The summed E-state index contributed by atoms with van der Waals surface area (Å²) >= 11 is 3.34. The summed E-state index contributed by atoms with van der Waals surface area (Å²) in [5.41, 5.74) is 2.08. The average Bonchev–Trinajstić information content (AvgIpc) is 2.16. The first-order valence-electron chi connectivity index (χ1n) is 4.45. The van der Waals surface area contributed by atoms with E-state index < -0.39 is 0 Å². The van der Waals surface area contributed by atoms with E-state index in [0.29, 0.717) is 0 Å². The summed E-state index contributed by atoms with van der Waals surface area (Å²) in [7, 11) is 0. The molecule has 1 rings (SSSR count). The van der Waals surface area contributed by atoms with Crippen LogP contribution in [0.3, 0.4) is 0 Å². The number of hydrogen-bond acceptors (Lipinski definition) is 2. The lowest BCUT2D eigenvalue weighted by molar-refractivity contribution is -0.385.